The van der Waals surface area contributed by atoms with Crippen LogP contribution in [0.25, 0.3) is 22.6 Å². The van der Waals surface area contributed by atoms with Crippen molar-refractivity contribution in [3.05, 3.63) is 48.5 Å². The highest BCUT2D eigenvalue weighted by Gasteiger charge is 2.24. The molecule has 10 nitrogen and oxygen atoms in total. The number of fused-ring (bicyclic) bond motifs is 6. The third kappa shape index (κ3) is 4.71. The van der Waals surface area contributed by atoms with Gasteiger partial charge in [-0.15, -0.1) is 0 Å². The van der Waals surface area contributed by atoms with Gasteiger partial charge in [0.05, 0.1) is 30.2 Å². The molecule has 0 aromatic carbocycles. The van der Waals surface area contributed by atoms with Gasteiger partial charge in [0.15, 0.2) is 5.82 Å². The fourth-order valence-corrected chi connectivity index (χ4v) is 5.34. The number of anilines is 2. The molecule has 2 aliphatic rings. The van der Waals surface area contributed by atoms with E-state index in [0.29, 0.717) is 42.3 Å². The Balaban J connectivity index is 1.36. The van der Waals surface area contributed by atoms with Crippen LogP contribution in [0, 0.1) is 0 Å². The fourth-order valence-electron chi connectivity index (χ4n) is 5.34. The van der Waals surface area contributed by atoms with E-state index in [1.807, 2.05) is 25.4 Å². The molecule has 10 heteroatoms. The summed E-state index contributed by atoms with van der Waals surface area (Å²) in [4.78, 5) is 16.3. The molecule has 2 aliphatic heterocycles. The molecule has 4 aromatic heterocycles. The maximum atomic E-state index is 6.53. The molecule has 1 saturated heterocycles. The number of ether oxygens (including phenoxy) is 2. The van der Waals surface area contributed by atoms with Gasteiger partial charge in [-0.1, -0.05) is 0 Å². The lowest BCUT2D eigenvalue weighted by Crippen LogP contribution is -2.29. The molecule has 0 unspecified atom stereocenters. The number of hydrogen-bond donors (Lipinski definition) is 1. The van der Waals surface area contributed by atoms with E-state index in [-0.39, 0.29) is 6.10 Å². The Hall–Kier alpha value is -3.92. The summed E-state index contributed by atoms with van der Waals surface area (Å²) >= 11 is 0. The lowest BCUT2D eigenvalue weighted by atomic mass is 9.94. The summed E-state index contributed by atoms with van der Waals surface area (Å²) in [6.45, 7) is 4.80. The van der Waals surface area contributed by atoms with Crippen LogP contribution in [0.2, 0.25) is 0 Å². The summed E-state index contributed by atoms with van der Waals surface area (Å²) in [5.74, 6) is 3.80. The minimum Gasteiger partial charge on any atom is -0.490 e. The van der Waals surface area contributed by atoms with Crippen molar-refractivity contribution >= 4 is 11.6 Å². The van der Waals surface area contributed by atoms with Gasteiger partial charge in [-0.2, -0.15) is 5.10 Å². The quantitative estimate of drug-likeness (QED) is 0.421. The zero-order valence-electron chi connectivity index (χ0n) is 22.4. The van der Waals surface area contributed by atoms with Crippen LogP contribution >= 0.6 is 0 Å². The smallest absolute Gasteiger partial charge is 0.222 e. The molecule has 0 aliphatic carbocycles. The van der Waals surface area contributed by atoms with Crippen LogP contribution in [-0.4, -0.2) is 67.0 Å². The van der Waals surface area contributed by atoms with Gasteiger partial charge in [0, 0.05) is 50.6 Å². The summed E-state index contributed by atoms with van der Waals surface area (Å²) in [6.07, 6.45) is 8.31. The summed E-state index contributed by atoms with van der Waals surface area (Å²) < 4.78 is 16.7. The van der Waals surface area contributed by atoms with Crippen LogP contribution in [0.4, 0.5) is 11.6 Å². The van der Waals surface area contributed by atoms with Gasteiger partial charge in [0.25, 0.3) is 0 Å². The first-order valence-corrected chi connectivity index (χ1v) is 13.2. The van der Waals surface area contributed by atoms with Crippen LogP contribution < -0.4 is 14.8 Å². The van der Waals surface area contributed by atoms with Crippen LogP contribution in [0.5, 0.6) is 11.6 Å². The Labute approximate surface area is 222 Å². The number of likely N-dealkylation sites (tertiary alicyclic amines) is 1. The van der Waals surface area contributed by atoms with Crippen molar-refractivity contribution in [2.24, 2.45) is 14.1 Å². The second-order valence-electron chi connectivity index (χ2n) is 10.3. The third-order valence-corrected chi connectivity index (χ3v) is 7.57. The van der Waals surface area contributed by atoms with Crippen LogP contribution in [-0.2, 0) is 14.1 Å². The molecule has 1 fully saturated rings. The number of piperidine rings is 1. The van der Waals surface area contributed by atoms with Gasteiger partial charge in [0.2, 0.25) is 5.88 Å². The minimum atomic E-state index is -0.0775. The molecule has 6 heterocycles. The molecule has 4 bridgehead atoms. The Morgan fingerprint density at radius 1 is 0.947 bits per heavy atom. The number of aromatic nitrogens is 6. The Morgan fingerprint density at radius 3 is 2.63 bits per heavy atom. The largest absolute Gasteiger partial charge is 0.490 e. The summed E-state index contributed by atoms with van der Waals surface area (Å²) in [5, 5.41) is 7.68. The average molecular weight is 515 g/mol. The minimum absolute atomic E-state index is 0.0775. The molecule has 38 heavy (non-hydrogen) atoms. The normalized spacial score (nSPS) is 18.6. The molecule has 0 radical (unpaired) electrons. The lowest BCUT2D eigenvalue weighted by Gasteiger charge is -2.29. The fraction of sp³-hybridized carbons (Fsp3) is 0.429. The van der Waals surface area contributed by atoms with Crippen molar-refractivity contribution in [2.45, 2.75) is 38.2 Å². The SMILES string of the molecule is C[C@H]1CCOc2c(cnn2C)-c2nccc(n2)Nc2cc(c(-c3ccc(C4CCN(C)CC4)n3C)cn2)O1. The van der Waals surface area contributed by atoms with Gasteiger partial charge in [-0.25, -0.2) is 19.6 Å². The van der Waals surface area contributed by atoms with Gasteiger partial charge >= 0.3 is 0 Å². The second kappa shape index (κ2) is 10.1. The molecular weight excluding hydrogens is 480 g/mol. The highest BCUT2D eigenvalue weighted by atomic mass is 16.5. The number of nitrogens with zero attached hydrogens (tertiary/aromatic N) is 7. The van der Waals surface area contributed by atoms with Crippen molar-refractivity contribution in [2.75, 3.05) is 32.1 Å². The van der Waals surface area contributed by atoms with Crippen LogP contribution in [0.1, 0.15) is 37.8 Å². The predicted molar refractivity (Wildman–Crippen MR) is 146 cm³/mol. The average Bonchev–Trinajstić information content (AvgIpc) is 3.47. The van der Waals surface area contributed by atoms with Crippen molar-refractivity contribution in [3.63, 3.8) is 0 Å². The molecule has 6 rings (SSSR count). The standard InChI is InChI=1S/C28H34N8O2/c1-18-10-14-37-28-21(17-31-36(28)4)27-29-11-7-25(33-27)32-26-15-24(38-18)20(16-30-26)23-6-5-22(35(23)3)19-8-12-34(2)13-9-19/h5-7,11,15-19H,8-10,12-14H2,1-4H3,(H,29,30,32,33)/t18-/m0/s1. The molecule has 1 N–H and O–H groups in total. The highest BCUT2D eigenvalue weighted by molar-refractivity contribution is 5.71. The zero-order valence-corrected chi connectivity index (χ0v) is 22.4. The Kier molecular flexibility index (Phi) is 6.49. The van der Waals surface area contributed by atoms with Crippen molar-refractivity contribution in [3.8, 4) is 34.3 Å². The van der Waals surface area contributed by atoms with Crippen LogP contribution in [0.3, 0.4) is 0 Å². The molecule has 0 spiro atoms. The first kappa shape index (κ1) is 24.4. The maximum absolute atomic E-state index is 6.53. The van der Waals surface area contributed by atoms with E-state index >= 15 is 0 Å². The number of hydrogen-bond acceptors (Lipinski definition) is 8. The first-order valence-electron chi connectivity index (χ1n) is 13.2. The van der Waals surface area contributed by atoms with Gasteiger partial charge < -0.3 is 24.3 Å². The topological polar surface area (TPSA) is 95.2 Å². The Bertz CT molecular complexity index is 1440. The molecule has 198 valence electrons. The number of nitrogens with one attached hydrogen (secondary N) is 1. The molecule has 1 atom stereocenters. The van der Waals surface area contributed by atoms with E-state index in [1.54, 1.807) is 17.1 Å². The van der Waals surface area contributed by atoms with Gasteiger partial charge in [0.1, 0.15) is 22.9 Å². The highest BCUT2D eigenvalue weighted by Crippen LogP contribution is 2.37. The van der Waals surface area contributed by atoms with Crippen molar-refractivity contribution < 1.29 is 9.47 Å². The van der Waals surface area contributed by atoms with E-state index in [2.05, 4.69) is 58.0 Å². The maximum Gasteiger partial charge on any atom is 0.222 e. The van der Waals surface area contributed by atoms with Crippen LogP contribution in [0.15, 0.2) is 42.9 Å². The summed E-state index contributed by atoms with van der Waals surface area (Å²) in [5.41, 5.74) is 4.18. The summed E-state index contributed by atoms with van der Waals surface area (Å²) in [7, 11) is 6.20. The monoisotopic (exact) mass is 514 g/mol. The van der Waals surface area contributed by atoms with Crippen molar-refractivity contribution in [1.29, 1.82) is 0 Å². The summed E-state index contributed by atoms with van der Waals surface area (Å²) in [6, 6.07) is 8.23. The Morgan fingerprint density at radius 2 is 1.79 bits per heavy atom. The molecular formula is C28H34N8O2. The van der Waals surface area contributed by atoms with E-state index < -0.39 is 0 Å². The van der Waals surface area contributed by atoms with E-state index in [1.165, 1.54) is 18.5 Å². The molecule has 0 saturated carbocycles. The molecule has 0 amide bonds. The van der Waals surface area contributed by atoms with E-state index in [0.717, 1.165) is 35.7 Å². The third-order valence-electron chi connectivity index (χ3n) is 7.57. The second-order valence-corrected chi connectivity index (χ2v) is 10.3. The van der Waals surface area contributed by atoms with Gasteiger partial charge in [-0.05, 0) is 58.1 Å². The van der Waals surface area contributed by atoms with Crippen molar-refractivity contribution in [1.82, 2.24) is 34.2 Å². The zero-order chi connectivity index (χ0) is 26.2. The lowest BCUT2D eigenvalue weighted by molar-refractivity contribution is 0.173. The van der Waals surface area contributed by atoms with E-state index in [9.17, 15) is 0 Å². The first-order chi connectivity index (χ1) is 18.5. The van der Waals surface area contributed by atoms with Gasteiger partial charge in [-0.3, -0.25) is 0 Å². The van der Waals surface area contributed by atoms with E-state index in [4.69, 9.17) is 19.4 Å². The predicted octanol–water partition coefficient (Wildman–Crippen LogP) is 4.38. The number of rotatable bonds is 2. The molecule has 4 aromatic rings. The number of aryl methyl sites for hydroxylation is 1. The number of pyridine rings is 1.